The van der Waals surface area contributed by atoms with E-state index in [1.807, 2.05) is 0 Å². The maximum absolute atomic E-state index is 13.7. The molecule has 5 nitrogen and oxygen atoms in total. The smallest absolute Gasteiger partial charge is 0.256 e. The molecule has 2 amide bonds. The van der Waals surface area contributed by atoms with Crippen LogP contribution in [0.4, 0.5) is 4.39 Å². The maximum atomic E-state index is 13.7. The number of carbonyl (C=O) groups excluding carboxylic acids is 2. The summed E-state index contributed by atoms with van der Waals surface area (Å²) in [5, 5.41) is 0. The number of piperazine rings is 1. The third-order valence-electron chi connectivity index (χ3n) is 3.89. The summed E-state index contributed by atoms with van der Waals surface area (Å²) < 4.78 is 13.7. The molecule has 0 aliphatic carbocycles. The fourth-order valence-electron chi connectivity index (χ4n) is 2.59. The van der Waals surface area contributed by atoms with E-state index in [2.05, 4.69) is 4.98 Å². The zero-order valence-electron chi connectivity index (χ0n) is 12.5. The van der Waals surface area contributed by atoms with Crippen molar-refractivity contribution in [2.75, 3.05) is 26.2 Å². The second-order valence-corrected chi connectivity index (χ2v) is 5.30. The lowest BCUT2D eigenvalue weighted by molar-refractivity contribution is 0.0532. The molecule has 2 aromatic rings. The molecular weight excluding hydrogens is 297 g/mol. The highest BCUT2D eigenvalue weighted by Gasteiger charge is 2.26. The summed E-state index contributed by atoms with van der Waals surface area (Å²) in [4.78, 5) is 31.8. The summed E-state index contributed by atoms with van der Waals surface area (Å²) in [7, 11) is 0. The Balaban J connectivity index is 1.64. The largest absolute Gasteiger partial charge is 0.335 e. The molecule has 0 unspecified atom stereocenters. The van der Waals surface area contributed by atoms with Crippen molar-refractivity contribution in [3.8, 4) is 0 Å². The molecule has 1 saturated heterocycles. The minimum absolute atomic E-state index is 0.0708. The molecule has 1 fully saturated rings. The van der Waals surface area contributed by atoms with E-state index >= 15 is 0 Å². The normalized spacial score (nSPS) is 14.7. The Bertz CT molecular complexity index is 713. The third-order valence-corrected chi connectivity index (χ3v) is 3.89. The predicted octanol–water partition coefficient (Wildman–Crippen LogP) is 1.82. The van der Waals surface area contributed by atoms with Gasteiger partial charge in [0.25, 0.3) is 11.8 Å². The van der Waals surface area contributed by atoms with Crippen molar-refractivity contribution in [2.24, 2.45) is 0 Å². The Kier molecular flexibility index (Phi) is 4.32. The molecule has 0 saturated carbocycles. The zero-order valence-corrected chi connectivity index (χ0v) is 12.5. The molecule has 2 heterocycles. The first-order chi connectivity index (χ1) is 11.2. The fraction of sp³-hybridized carbons (Fsp3) is 0.235. The number of amides is 2. The number of carbonyl (C=O) groups is 2. The second-order valence-electron chi connectivity index (χ2n) is 5.30. The highest BCUT2D eigenvalue weighted by atomic mass is 19.1. The van der Waals surface area contributed by atoms with Gasteiger partial charge in [0.15, 0.2) is 0 Å². The quantitative estimate of drug-likeness (QED) is 0.850. The molecular formula is C17H16FN3O2. The van der Waals surface area contributed by atoms with E-state index in [1.54, 1.807) is 46.5 Å². The monoisotopic (exact) mass is 313 g/mol. The van der Waals surface area contributed by atoms with E-state index in [0.29, 0.717) is 31.7 Å². The van der Waals surface area contributed by atoms with E-state index < -0.39 is 5.82 Å². The number of aromatic nitrogens is 1. The minimum atomic E-state index is -0.521. The van der Waals surface area contributed by atoms with Crippen LogP contribution >= 0.6 is 0 Å². The van der Waals surface area contributed by atoms with Crippen LogP contribution in [0.15, 0.2) is 48.8 Å². The van der Waals surface area contributed by atoms with Crippen LogP contribution in [0.25, 0.3) is 0 Å². The van der Waals surface area contributed by atoms with Crippen molar-refractivity contribution in [2.45, 2.75) is 0 Å². The van der Waals surface area contributed by atoms with Crippen LogP contribution in [0, 0.1) is 5.82 Å². The average Bonchev–Trinajstić information content (AvgIpc) is 2.62. The lowest BCUT2D eigenvalue weighted by Gasteiger charge is -2.34. The Morgan fingerprint density at radius 3 is 2.04 bits per heavy atom. The molecule has 1 aromatic heterocycles. The van der Waals surface area contributed by atoms with Gasteiger partial charge in [0.05, 0.1) is 5.56 Å². The van der Waals surface area contributed by atoms with Crippen LogP contribution in [-0.2, 0) is 0 Å². The average molecular weight is 313 g/mol. The number of hydrogen-bond donors (Lipinski definition) is 0. The van der Waals surface area contributed by atoms with Crippen molar-refractivity contribution >= 4 is 11.8 Å². The van der Waals surface area contributed by atoms with Crippen molar-refractivity contribution in [1.29, 1.82) is 0 Å². The number of rotatable bonds is 2. The number of halogens is 1. The lowest BCUT2D eigenvalue weighted by Crippen LogP contribution is -2.50. The molecule has 0 radical (unpaired) electrons. The van der Waals surface area contributed by atoms with Gasteiger partial charge in [-0.3, -0.25) is 14.6 Å². The van der Waals surface area contributed by atoms with Crippen LogP contribution in [0.3, 0.4) is 0 Å². The third kappa shape index (κ3) is 3.21. The van der Waals surface area contributed by atoms with Gasteiger partial charge in [0.1, 0.15) is 5.82 Å². The number of pyridine rings is 1. The summed E-state index contributed by atoms with van der Waals surface area (Å²) in [6.45, 7) is 1.65. The first kappa shape index (κ1) is 15.1. The Labute approximate surface area is 133 Å². The highest BCUT2D eigenvalue weighted by Crippen LogP contribution is 2.13. The maximum Gasteiger partial charge on any atom is 0.256 e. The molecule has 0 N–H and O–H groups in total. The van der Waals surface area contributed by atoms with Crippen LogP contribution in [0.5, 0.6) is 0 Å². The van der Waals surface area contributed by atoms with E-state index in [-0.39, 0.29) is 17.4 Å². The highest BCUT2D eigenvalue weighted by molar-refractivity contribution is 5.96. The van der Waals surface area contributed by atoms with Crippen LogP contribution in [-0.4, -0.2) is 52.8 Å². The van der Waals surface area contributed by atoms with Crippen molar-refractivity contribution in [1.82, 2.24) is 14.8 Å². The van der Waals surface area contributed by atoms with E-state index in [1.165, 1.54) is 12.1 Å². The number of hydrogen-bond acceptors (Lipinski definition) is 3. The van der Waals surface area contributed by atoms with Crippen molar-refractivity contribution in [3.63, 3.8) is 0 Å². The van der Waals surface area contributed by atoms with Gasteiger partial charge >= 0.3 is 0 Å². The van der Waals surface area contributed by atoms with Crippen molar-refractivity contribution in [3.05, 3.63) is 65.7 Å². The Morgan fingerprint density at radius 2 is 1.43 bits per heavy atom. The van der Waals surface area contributed by atoms with Gasteiger partial charge in [0.2, 0.25) is 0 Å². The summed E-state index contributed by atoms with van der Waals surface area (Å²) in [5.41, 5.74) is 0.648. The Morgan fingerprint density at radius 1 is 0.870 bits per heavy atom. The molecule has 23 heavy (non-hydrogen) atoms. The van der Waals surface area contributed by atoms with Gasteiger partial charge in [-0.25, -0.2) is 4.39 Å². The summed E-state index contributed by atoms with van der Waals surface area (Å²) >= 11 is 0. The van der Waals surface area contributed by atoms with Gasteiger partial charge < -0.3 is 9.80 Å². The van der Waals surface area contributed by atoms with E-state index in [0.717, 1.165) is 0 Å². The molecule has 1 aliphatic heterocycles. The molecule has 0 bridgehead atoms. The molecule has 118 valence electrons. The summed E-state index contributed by atoms with van der Waals surface area (Å²) in [6, 6.07) is 9.28. The molecule has 1 aliphatic rings. The van der Waals surface area contributed by atoms with Crippen molar-refractivity contribution < 1.29 is 14.0 Å². The zero-order chi connectivity index (χ0) is 16.2. The lowest BCUT2D eigenvalue weighted by atomic mass is 10.1. The second kappa shape index (κ2) is 6.56. The predicted molar refractivity (Wildman–Crippen MR) is 82.4 cm³/mol. The topological polar surface area (TPSA) is 53.5 Å². The van der Waals surface area contributed by atoms with E-state index in [4.69, 9.17) is 0 Å². The van der Waals surface area contributed by atoms with Gasteiger partial charge in [-0.15, -0.1) is 0 Å². The summed E-state index contributed by atoms with van der Waals surface area (Å²) in [5.74, 6) is -0.933. The Hall–Kier alpha value is -2.76. The molecule has 3 rings (SSSR count). The fourth-order valence-corrected chi connectivity index (χ4v) is 2.59. The number of nitrogens with zero attached hydrogens (tertiary/aromatic N) is 3. The minimum Gasteiger partial charge on any atom is -0.335 e. The van der Waals surface area contributed by atoms with Crippen LogP contribution in [0.2, 0.25) is 0 Å². The van der Waals surface area contributed by atoms with Gasteiger partial charge in [0, 0.05) is 44.1 Å². The molecule has 1 aromatic carbocycles. The molecule has 0 atom stereocenters. The first-order valence-corrected chi connectivity index (χ1v) is 7.40. The van der Waals surface area contributed by atoms with E-state index in [9.17, 15) is 14.0 Å². The van der Waals surface area contributed by atoms with Crippen LogP contribution < -0.4 is 0 Å². The van der Waals surface area contributed by atoms with Crippen LogP contribution in [0.1, 0.15) is 20.7 Å². The standard InChI is InChI=1S/C17H16FN3O2/c18-15-4-2-1-3-14(15)17(23)21-11-9-20(10-12-21)16(22)13-5-7-19-8-6-13/h1-8H,9-12H2. The van der Waals surface area contributed by atoms with Gasteiger partial charge in [-0.1, -0.05) is 12.1 Å². The first-order valence-electron chi connectivity index (χ1n) is 7.40. The molecule has 6 heteroatoms. The molecule has 0 spiro atoms. The SMILES string of the molecule is O=C(c1ccncc1)N1CCN(C(=O)c2ccccc2F)CC1. The van der Waals surface area contributed by atoms with Gasteiger partial charge in [-0.05, 0) is 24.3 Å². The van der Waals surface area contributed by atoms with Gasteiger partial charge in [-0.2, -0.15) is 0 Å². The number of benzene rings is 1. The summed E-state index contributed by atoms with van der Waals surface area (Å²) in [6.07, 6.45) is 3.15.